The summed E-state index contributed by atoms with van der Waals surface area (Å²) < 4.78 is 0. The van der Waals surface area contributed by atoms with Gasteiger partial charge >= 0.3 is 0 Å². The first-order chi connectivity index (χ1) is 10.8. The fourth-order valence-corrected chi connectivity index (χ4v) is 4.10. The Labute approximate surface area is 134 Å². The molecule has 3 fully saturated rings. The minimum Gasteiger partial charge on any atom is -0.368 e. The van der Waals surface area contributed by atoms with E-state index in [2.05, 4.69) is 23.1 Å². The summed E-state index contributed by atoms with van der Waals surface area (Å²) in [5, 5.41) is 8.74. The number of rotatable bonds is 1. The largest absolute Gasteiger partial charge is 0.368 e. The molecule has 2 N–H and O–H groups in total. The van der Waals surface area contributed by atoms with Crippen LogP contribution >= 0.6 is 0 Å². The number of fused-ring (bicyclic) bond motifs is 2. The summed E-state index contributed by atoms with van der Waals surface area (Å²) in [6, 6.07) is 11.5. The first kappa shape index (κ1) is 15.4. The Morgan fingerprint density at radius 2 is 1.73 bits per heavy atom. The van der Waals surface area contributed by atoms with Crippen molar-refractivity contribution in [2.75, 3.05) is 11.4 Å². The van der Waals surface area contributed by atoms with E-state index >= 15 is 0 Å². The van der Waals surface area contributed by atoms with Gasteiger partial charge in [-0.15, -0.1) is 0 Å². The molecule has 1 aliphatic heterocycles. The maximum Gasteiger partial charge on any atom is 0.0991 e. The van der Waals surface area contributed by atoms with Crippen molar-refractivity contribution in [3.63, 3.8) is 0 Å². The van der Waals surface area contributed by atoms with Gasteiger partial charge in [0.25, 0.3) is 0 Å². The monoisotopic (exact) mass is 297 g/mol. The van der Waals surface area contributed by atoms with Crippen molar-refractivity contribution in [2.24, 2.45) is 11.7 Å². The highest BCUT2D eigenvalue weighted by atomic mass is 15.2. The lowest BCUT2D eigenvalue weighted by molar-refractivity contribution is 0.441. The van der Waals surface area contributed by atoms with Crippen LogP contribution in [-0.2, 0) is 0 Å². The topological polar surface area (TPSA) is 53.0 Å². The van der Waals surface area contributed by atoms with Crippen molar-refractivity contribution in [3.05, 3.63) is 29.8 Å². The molecule has 1 aromatic rings. The maximum absolute atomic E-state index is 8.74. The molecule has 22 heavy (non-hydrogen) atoms. The fourth-order valence-electron chi connectivity index (χ4n) is 4.10. The van der Waals surface area contributed by atoms with E-state index in [9.17, 15) is 0 Å². The number of hydrogen-bond donors (Lipinski definition) is 1. The summed E-state index contributed by atoms with van der Waals surface area (Å²) in [5.74, 6) is 0.922. The van der Waals surface area contributed by atoms with E-state index in [1.165, 1.54) is 63.6 Å². The van der Waals surface area contributed by atoms with Gasteiger partial charge in [-0.2, -0.15) is 5.26 Å². The Balaban J connectivity index is 0.000000174. The third-order valence-electron chi connectivity index (χ3n) is 5.39. The quantitative estimate of drug-likeness (QED) is 0.857. The second kappa shape index (κ2) is 7.15. The molecule has 3 nitrogen and oxygen atoms in total. The van der Waals surface area contributed by atoms with Crippen LogP contribution in [0.3, 0.4) is 0 Å². The van der Waals surface area contributed by atoms with E-state index in [4.69, 9.17) is 11.0 Å². The third-order valence-corrected chi connectivity index (χ3v) is 5.39. The second-order valence-electron chi connectivity index (χ2n) is 7.04. The van der Waals surface area contributed by atoms with Gasteiger partial charge in [0.15, 0.2) is 0 Å². The lowest BCUT2D eigenvalue weighted by atomic mass is 9.97. The molecule has 1 saturated heterocycles. The predicted octanol–water partition coefficient (Wildman–Crippen LogP) is 3.82. The zero-order valence-corrected chi connectivity index (χ0v) is 13.4. The molecule has 2 saturated carbocycles. The summed E-state index contributed by atoms with van der Waals surface area (Å²) in [4.78, 5) is 2.51. The summed E-state index contributed by atoms with van der Waals surface area (Å²) in [6.07, 6.45) is 10.8. The standard InChI is InChI=1S/C13H14N2.C6H13N/c14-8-10-1-4-12(5-2-10)15-9-11-3-6-13(15)7-11;7-6-4-2-1-3-5-6/h1-2,4-5,11,13H,3,6-7,9H2;6H,1-5,7H2. The average molecular weight is 297 g/mol. The van der Waals surface area contributed by atoms with Crippen LogP contribution in [0, 0.1) is 17.2 Å². The van der Waals surface area contributed by atoms with Crippen LogP contribution in [-0.4, -0.2) is 18.6 Å². The first-order valence-corrected chi connectivity index (χ1v) is 8.78. The highest BCUT2D eigenvalue weighted by Gasteiger charge is 2.37. The molecule has 2 bridgehead atoms. The third kappa shape index (κ3) is 3.62. The summed E-state index contributed by atoms with van der Waals surface area (Å²) >= 11 is 0. The number of piperidine rings is 1. The van der Waals surface area contributed by atoms with Gasteiger partial charge in [0, 0.05) is 24.3 Å². The molecule has 0 amide bonds. The highest BCUT2D eigenvalue weighted by Crippen LogP contribution is 2.40. The van der Waals surface area contributed by atoms with Crippen molar-refractivity contribution in [2.45, 2.75) is 63.5 Å². The molecule has 0 aromatic heterocycles. The van der Waals surface area contributed by atoms with Crippen molar-refractivity contribution in [1.29, 1.82) is 5.26 Å². The lowest BCUT2D eigenvalue weighted by Crippen LogP contribution is -2.31. The molecular weight excluding hydrogens is 270 g/mol. The molecular formula is C19H27N3. The maximum atomic E-state index is 8.74. The normalized spacial score (nSPS) is 27.2. The molecule has 118 valence electrons. The van der Waals surface area contributed by atoms with Crippen LogP contribution in [0.4, 0.5) is 5.69 Å². The molecule has 3 aliphatic rings. The fraction of sp³-hybridized carbons (Fsp3) is 0.632. The Hall–Kier alpha value is -1.53. The predicted molar refractivity (Wildman–Crippen MR) is 90.7 cm³/mol. The number of nitriles is 1. The van der Waals surface area contributed by atoms with E-state index in [-0.39, 0.29) is 0 Å². The smallest absolute Gasteiger partial charge is 0.0991 e. The highest BCUT2D eigenvalue weighted by molar-refractivity contribution is 5.52. The minimum absolute atomic E-state index is 0.536. The van der Waals surface area contributed by atoms with Crippen molar-refractivity contribution in [3.8, 4) is 6.07 Å². The Morgan fingerprint density at radius 1 is 1.00 bits per heavy atom. The SMILES string of the molecule is N#Cc1ccc(N2CC3CCC2C3)cc1.NC1CCCCC1. The van der Waals surface area contributed by atoms with E-state index in [0.29, 0.717) is 6.04 Å². The van der Waals surface area contributed by atoms with Gasteiger partial charge in [-0.05, 0) is 62.3 Å². The van der Waals surface area contributed by atoms with Gasteiger partial charge in [0.05, 0.1) is 11.6 Å². The van der Waals surface area contributed by atoms with E-state index in [1.807, 2.05) is 12.1 Å². The van der Waals surface area contributed by atoms with Gasteiger partial charge in [-0.25, -0.2) is 0 Å². The van der Waals surface area contributed by atoms with E-state index in [0.717, 1.165) is 17.5 Å². The molecule has 3 heteroatoms. The van der Waals surface area contributed by atoms with Crippen LogP contribution < -0.4 is 10.6 Å². The Morgan fingerprint density at radius 3 is 2.18 bits per heavy atom. The first-order valence-electron chi connectivity index (χ1n) is 8.78. The van der Waals surface area contributed by atoms with Gasteiger partial charge < -0.3 is 10.6 Å². The minimum atomic E-state index is 0.536. The van der Waals surface area contributed by atoms with Gasteiger partial charge in [0.2, 0.25) is 0 Å². The van der Waals surface area contributed by atoms with Gasteiger partial charge in [0.1, 0.15) is 0 Å². The Bertz CT molecular complexity index is 510. The number of benzene rings is 1. The molecule has 4 rings (SSSR count). The average Bonchev–Trinajstić information content (AvgIpc) is 3.19. The zero-order chi connectivity index (χ0) is 15.4. The van der Waals surface area contributed by atoms with E-state index in [1.54, 1.807) is 0 Å². The lowest BCUT2D eigenvalue weighted by Gasteiger charge is -2.29. The van der Waals surface area contributed by atoms with Crippen LogP contribution in [0.2, 0.25) is 0 Å². The number of nitrogens with zero attached hydrogens (tertiary/aromatic N) is 2. The van der Waals surface area contributed by atoms with Crippen LogP contribution in [0.25, 0.3) is 0 Å². The molecule has 1 aromatic carbocycles. The molecule has 1 heterocycles. The molecule has 0 spiro atoms. The molecule has 0 radical (unpaired) electrons. The summed E-state index contributed by atoms with van der Waals surface area (Å²) in [5.41, 5.74) is 7.68. The zero-order valence-electron chi connectivity index (χ0n) is 13.4. The van der Waals surface area contributed by atoms with Gasteiger partial charge in [-0.3, -0.25) is 0 Å². The summed E-state index contributed by atoms with van der Waals surface area (Å²) in [6.45, 7) is 1.22. The summed E-state index contributed by atoms with van der Waals surface area (Å²) in [7, 11) is 0. The van der Waals surface area contributed by atoms with E-state index < -0.39 is 0 Å². The van der Waals surface area contributed by atoms with Crippen molar-refractivity contribution >= 4 is 5.69 Å². The molecule has 2 aliphatic carbocycles. The van der Waals surface area contributed by atoms with Crippen LogP contribution in [0.5, 0.6) is 0 Å². The van der Waals surface area contributed by atoms with Crippen molar-refractivity contribution in [1.82, 2.24) is 0 Å². The number of hydrogen-bond acceptors (Lipinski definition) is 3. The second-order valence-corrected chi connectivity index (χ2v) is 7.04. The van der Waals surface area contributed by atoms with Crippen LogP contribution in [0.15, 0.2) is 24.3 Å². The number of nitrogens with two attached hydrogens (primary N) is 1. The Kier molecular flexibility index (Phi) is 5.00. The molecule has 2 atom stereocenters. The van der Waals surface area contributed by atoms with Gasteiger partial charge in [-0.1, -0.05) is 19.3 Å². The number of anilines is 1. The van der Waals surface area contributed by atoms with Crippen LogP contribution in [0.1, 0.15) is 56.9 Å². The molecule has 2 unspecified atom stereocenters. The van der Waals surface area contributed by atoms with Crippen molar-refractivity contribution < 1.29 is 0 Å².